The molecule has 0 amide bonds. The van der Waals surface area contributed by atoms with Crippen LogP contribution in [0.1, 0.15) is 10.4 Å². The van der Waals surface area contributed by atoms with Crippen LogP contribution in [0.2, 0.25) is 0 Å². The predicted molar refractivity (Wildman–Crippen MR) is 60.9 cm³/mol. The highest BCUT2D eigenvalue weighted by atomic mass is 79.9. The second kappa shape index (κ2) is 2.81. The van der Waals surface area contributed by atoms with Crippen molar-refractivity contribution in [1.82, 2.24) is 4.98 Å². The number of halogens is 1. The van der Waals surface area contributed by atoms with Crippen molar-refractivity contribution in [3.05, 3.63) is 42.8 Å². The lowest BCUT2D eigenvalue weighted by atomic mass is 10.1. The van der Waals surface area contributed by atoms with Gasteiger partial charge in [-0.3, -0.25) is 4.79 Å². The van der Waals surface area contributed by atoms with E-state index in [2.05, 4.69) is 27.0 Å². The molecule has 4 heteroatoms. The molecule has 0 bridgehead atoms. The van der Waals surface area contributed by atoms with Gasteiger partial charge < -0.3 is 4.98 Å². The summed E-state index contributed by atoms with van der Waals surface area (Å²) in [6.45, 7) is 0. The summed E-state index contributed by atoms with van der Waals surface area (Å²) >= 11 is 4.76. The number of aromatic amines is 1. The number of hydrogen-bond acceptors (Lipinski definition) is 2. The highest BCUT2D eigenvalue weighted by Crippen LogP contribution is 2.37. The van der Waals surface area contributed by atoms with Crippen molar-refractivity contribution >= 4 is 27.3 Å². The topological polar surface area (TPSA) is 32.9 Å². The predicted octanol–water partition coefficient (Wildman–Crippen LogP) is 2.77. The van der Waals surface area contributed by atoms with Gasteiger partial charge in [-0.1, -0.05) is 33.3 Å². The van der Waals surface area contributed by atoms with E-state index < -0.39 is 0 Å². The maximum atomic E-state index is 11.1. The van der Waals surface area contributed by atoms with E-state index in [1.54, 1.807) is 0 Å². The summed E-state index contributed by atoms with van der Waals surface area (Å²) in [6, 6.07) is 6.16. The van der Waals surface area contributed by atoms with Gasteiger partial charge in [0, 0.05) is 21.3 Å². The Morgan fingerprint density at radius 2 is 2.29 bits per heavy atom. The van der Waals surface area contributed by atoms with Crippen molar-refractivity contribution in [2.24, 2.45) is 0 Å². The molecule has 3 rings (SSSR count). The SMILES string of the molecule is O=c1[nH]c2c(s1)Cc1cc(Br)ccc1-2. The molecule has 1 aromatic carbocycles. The molecule has 1 N–H and O–H groups in total. The molecule has 2 aromatic rings. The average Bonchev–Trinajstić information content (AvgIpc) is 2.59. The molecule has 0 saturated carbocycles. The van der Waals surface area contributed by atoms with E-state index in [0.717, 1.165) is 21.5 Å². The highest BCUT2D eigenvalue weighted by molar-refractivity contribution is 9.10. The molecule has 70 valence electrons. The first-order chi connectivity index (χ1) is 6.74. The van der Waals surface area contributed by atoms with E-state index in [4.69, 9.17) is 0 Å². The summed E-state index contributed by atoms with van der Waals surface area (Å²) in [5.74, 6) is 0. The van der Waals surface area contributed by atoms with Crippen LogP contribution in [-0.4, -0.2) is 4.98 Å². The zero-order valence-corrected chi connectivity index (χ0v) is 9.54. The Kier molecular flexibility index (Phi) is 1.69. The molecule has 0 radical (unpaired) electrons. The molecular weight excluding hydrogens is 262 g/mol. The fourth-order valence-electron chi connectivity index (χ4n) is 1.83. The number of rotatable bonds is 0. The average molecular weight is 268 g/mol. The number of H-pyrrole nitrogens is 1. The molecule has 0 atom stereocenters. The first kappa shape index (κ1) is 8.44. The third kappa shape index (κ3) is 1.11. The van der Waals surface area contributed by atoms with Gasteiger partial charge in [0.25, 0.3) is 0 Å². The van der Waals surface area contributed by atoms with Gasteiger partial charge in [-0.05, 0) is 17.7 Å². The summed E-state index contributed by atoms with van der Waals surface area (Å²) in [4.78, 5) is 15.2. The molecule has 1 aliphatic rings. The zero-order valence-electron chi connectivity index (χ0n) is 7.13. The minimum atomic E-state index is 0.0450. The lowest BCUT2D eigenvalue weighted by molar-refractivity contribution is 1.30. The molecule has 0 spiro atoms. The lowest BCUT2D eigenvalue weighted by Crippen LogP contribution is -1.93. The second-order valence-corrected chi connectivity index (χ2v) is 5.27. The van der Waals surface area contributed by atoms with Crippen molar-refractivity contribution < 1.29 is 0 Å². The van der Waals surface area contributed by atoms with Crippen molar-refractivity contribution in [2.75, 3.05) is 0 Å². The van der Waals surface area contributed by atoms with Gasteiger partial charge >= 0.3 is 4.87 Å². The van der Waals surface area contributed by atoms with E-state index in [9.17, 15) is 4.79 Å². The number of aromatic nitrogens is 1. The number of thiazole rings is 1. The first-order valence-electron chi connectivity index (χ1n) is 4.25. The molecule has 2 nitrogen and oxygen atoms in total. The number of benzene rings is 1. The normalized spacial score (nSPS) is 12.6. The summed E-state index contributed by atoms with van der Waals surface area (Å²) in [5.41, 5.74) is 3.47. The van der Waals surface area contributed by atoms with Crippen LogP contribution in [0.4, 0.5) is 0 Å². The Bertz CT molecular complexity index is 570. The largest absolute Gasteiger partial charge is 0.312 e. The van der Waals surface area contributed by atoms with Crippen molar-refractivity contribution in [3.63, 3.8) is 0 Å². The standard InChI is InChI=1S/C10H6BrNOS/c11-6-1-2-7-5(3-6)4-8-9(7)12-10(13)14-8/h1-3H,4H2,(H,12,13). The molecule has 0 aliphatic heterocycles. The van der Waals surface area contributed by atoms with Gasteiger partial charge in [0.1, 0.15) is 0 Å². The van der Waals surface area contributed by atoms with Crippen LogP contribution in [0.5, 0.6) is 0 Å². The van der Waals surface area contributed by atoms with Crippen molar-refractivity contribution in [1.29, 1.82) is 0 Å². The monoisotopic (exact) mass is 267 g/mol. The zero-order chi connectivity index (χ0) is 9.71. The highest BCUT2D eigenvalue weighted by Gasteiger charge is 2.21. The summed E-state index contributed by atoms with van der Waals surface area (Å²) in [7, 11) is 0. The van der Waals surface area contributed by atoms with Gasteiger partial charge in [0.2, 0.25) is 0 Å². The Morgan fingerprint density at radius 3 is 3.14 bits per heavy atom. The fourth-order valence-corrected chi connectivity index (χ4v) is 3.10. The number of hydrogen-bond donors (Lipinski definition) is 1. The number of nitrogens with one attached hydrogen (secondary N) is 1. The summed E-state index contributed by atoms with van der Waals surface area (Å²) < 4.78 is 1.09. The van der Waals surface area contributed by atoms with Gasteiger partial charge in [-0.25, -0.2) is 0 Å². The van der Waals surface area contributed by atoms with Crippen LogP contribution in [0.15, 0.2) is 27.5 Å². The summed E-state index contributed by atoms with van der Waals surface area (Å²) in [5, 5.41) is 0. The van der Waals surface area contributed by atoms with Crippen LogP contribution < -0.4 is 4.87 Å². The third-order valence-electron chi connectivity index (χ3n) is 2.41. The van der Waals surface area contributed by atoms with Crippen molar-refractivity contribution in [2.45, 2.75) is 6.42 Å². The Morgan fingerprint density at radius 1 is 1.43 bits per heavy atom. The Labute approximate surface area is 92.7 Å². The van der Waals surface area contributed by atoms with E-state index in [1.807, 2.05) is 12.1 Å². The molecular formula is C10H6BrNOS. The first-order valence-corrected chi connectivity index (χ1v) is 5.86. The minimum Gasteiger partial charge on any atom is -0.312 e. The smallest absolute Gasteiger partial charge is 0.305 e. The molecule has 0 unspecified atom stereocenters. The van der Waals surface area contributed by atoms with E-state index in [0.29, 0.717) is 0 Å². The van der Waals surface area contributed by atoms with Crippen LogP contribution in [0.3, 0.4) is 0 Å². The quantitative estimate of drug-likeness (QED) is 0.668. The second-order valence-electron chi connectivity index (χ2n) is 3.29. The fraction of sp³-hybridized carbons (Fsp3) is 0.100. The minimum absolute atomic E-state index is 0.0450. The molecule has 0 saturated heterocycles. The van der Waals surface area contributed by atoms with E-state index in [-0.39, 0.29) is 4.87 Å². The number of fused-ring (bicyclic) bond motifs is 3. The molecule has 0 fully saturated rings. The van der Waals surface area contributed by atoms with Gasteiger partial charge in [-0.2, -0.15) is 0 Å². The lowest BCUT2D eigenvalue weighted by Gasteiger charge is -1.98. The van der Waals surface area contributed by atoms with Gasteiger partial charge in [-0.15, -0.1) is 0 Å². The van der Waals surface area contributed by atoms with Crippen LogP contribution in [0, 0.1) is 0 Å². The summed E-state index contributed by atoms with van der Waals surface area (Å²) in [6.07, 6.45) is 0.882. The van der Waals surface area contributed by atoms with Crippen molar-refractivity contribution in [3.8, 4) is 11.3 Å². The Hall–Kier alpha value is -0.870. The van der Waals surface area contributed by atoms with Gasteiger partial charge in [0.05, 0.1) is 5.69 Å². The molecule has 14 heavy (non-hydrogen) atoms. The molecule has 1 heterocycles. The molecule has 1 aromatic heterocycles. The van der Waals surface area contributed by atoms with Crippen LogP contribution in [0.25, 0.3) is 11.3 Å². The van der Waals surface area contributed by atoms with Crippen LogP contribution >= 0.6 is 27.3 Å². The van der Waals surface area contributed by atoms with Crippen LogP contribution in [-0.2, 0) is 6.42 Å². The van der Waals surface area contributed by atoms with E-state index in [1.165, 1.54) is 22.5 Å². The maximum Gasteiger partial charge on any atom is 0.305 e. The third-order valence-corrected chi connectivity index (χ3v) is 3.79. The molecule has 1 aliphatic carbocycles. The maximum absolute atomic E-state index is 11.1. The Balaban J connectivity index is 2.30. The van der Waals surface area contributed by atoms with Gasteiger partial charge in [0.15, 0.2) is 0 Å². The van der Waals surface area contributed by atoms with E-state index >= 15 is 0 Å².